The van der Waals surface area contributed by atoms with Gasteiger partial charge in [-0.25, -0.2) is 8.42 Å². The molecule has 0 atom stereocenters. The summed E-state index contributed by atoms with van der Waals surface area (Å²) in [5.41, 5.74) is 2.26. The van der Waals surface area contributed by atoms with E-state index < -0.39 is 10.0 Å². The van der Waals surface area contributed by atoms with Crippen molar-refractivity contribution in [2.75, 3.05) is 13.1 Å². The summed E-state index contributed by atoms with van der Waals surface area (Å²) in [6, 6.07) is 12.9. The van der Waals surface area contributed by atoms with Gasteiger partial charge in [0.05, 0.1) is 4.90 Å². The normalized spacial score (nSPS) is 15.4. The molecule has 0 unspecified atom stereocenters. The molecule has 2 aromatic carbocycles. The van der Waals surface area contributed by atoms with E-state index in [2.05, 4.69) is 31.4 Å². The van der Waals surface area contributed by atoms with E-state index in [0.29, 0.717) is 61.7 Å². The van der Waals surface area contributed by atoms with Crippen LogP contribution >= 0.6 is 15.9 Å². The van der Waals surface area contributed by atoms with Gasteiger partial charge in [-0.2, -0.15) is 9.29 Å². The van der Waals surface area contributed by atoms with E-state index in [9.17, 15) is 13.2 Å². The number of aryl methyl sites for hydroxylation is 2. The third kappa shape index (κ3) is 5.39. The molecule has 1 N–H and O–H groups in total. The van der Waals surface area contributed by atoms with Crippen LogP contribution < -0.4 is 5.32 Å². The minimum Gasteiger partial charge on any atom is -0.352 e. The molecule has 1 saturated heterocycles. The zero-order valence-electron chi connectivity index (χ0n) is 19.1. The van der Waals surface area contributed by atoms with Crippen molar-refractivity contribution < 1.29 is 17.7 Å². The van der Waals surface area contributed by atoms with Gasteiger partial charge in [-0.3, -0.25) is 4.79 Å². The number of carbonyl (C=O) groups is 1. The summed E-state index contributed by atoms with van der Waals surface area (Å²) in [7, 11) is -3.72. The Hall–Kier alpha value is -2.56. The second-order valence-corrected chi connectivity index (χ2v) is 11.2. The second-order valence-electron chi connectivity index (χ2n) is 8.37. The Kier molecular flexibility index (Phi) is 7.49. The van der Waals surface area contributed by atoms with Crippen molar-refractivity contribution in [2.24, 2.45) is 5.92 Å². The molecule has 0 bridgehead atoms. The number of aromatic nitrogens is 2. The van der Waals surface area contributed by atoms with Gasteiger partial charge >= 0.3 is 0 Å². The minimum absolute atomic E-state index is 0.0398. The third-order valence-corrected chi connectivity index (χ3v) is 8.61. The smallest absolute Gasteiger partial charge is 0.243 e. The molecule has 1 aliphatic rings. The number of sulfonamides is 1. The van der Waals surface area contributed by atoms with Gasteiger partial charge in [-0.15, -0.1) is 0 Å². The summed E-state index contributed by atoms with van der Waals surface area (Å²) < 4.78 is 34.5. The van der Waals surface area contributed by atoms with Crippen LogP contribution in [0.2, 0.25) is 0 Å². The van der Waals surface area contributed by atoms with Crippen LogP contribution in [0.4, 0.5) is 0 Å². The van der Waals surface area contributed by atoms with Crippen molar-refractivity contribution in [3.8, 4) is 11.4 Å². The Bertz CT molecular complexity index is 1270. The molecule has 0 radical (unpaired) electrons. The SMILES string of the molecule is CCc1nc(-c2ccc(C)c(S(=O)(=O)N3CCC(C(=O)NCc4ccc(Br)cc4)CC3)c2)no1. The summed E-state index contributed by atoms with van der Waals surface area (Å²) in [5.74, 6) is 0.623. The molecule has 1 amide bonds. The highest BCUT2D eigenvalue weighted by atomic mass is 79.9. The van der Waals surface area contributed by atoms with Crippen molar-refractivity contribution >= 4 is 31.9 Å². The lowest BCUT2D eigenvalue weighted by Gasteiger charge is -2.31. The highest BCUT2D eigenvalue weighted by molar-refractivity contribution is 9.10. The van der Waals surface area contributed by atoms with E-state index in [1.54, 1.807) is 25.1 Å². The molecule has 2 heterocycles. The highest BCUT2D eigenvalue weighted by Crippen LogP contribution is 2.29. The summed E-state index contributed by atoms with van der Waals surface area (Å²) in [6.07, 6.45) is 1.57. The second kappa shape index (κ2) is 10.4. The molecule has 1 aromatic heterocycles. The molecule has 4 rings (SSSR count). The minimum atomic E-state index is -3.72. The largest absolute Gasteiger partial charge is 0.352 e. The number of hydrogen-bond acceptors (Lipinski definition) is 6. The fraction of sp³-hybridized carbons (Fsp3) is 0.375. The van der Waals surface area contributed by atoms with Crippen LogP contribution in [0.1, 0.15) is 36.8 Å². The van der Waals surface area contributed by atoms with Gasteiger partial charge in [0.15, 0.2) is 0 Å². The fourth-order valence-electron chi connectivity index (χ4n) is 3.97. The summed E-state index contributed by atoms with van der Waals surface area (Å²) in [6.45, 7) is 4.72. The van der Waals surface area contributed by atoms with Crippen LogP contribution in [0.3, 0.4) is 0 Å². The van der Waals surface area contributed by atoms with E-state index in [0.717, 1.165) is 10.0 Å². The van der Waals surface area contributed by atoms with E-state index in [-0.39, 0.29) is 16.7 Å². The first-order chi connectivity index (χ1) is 16.3. The lowest BCUT2D eigenvalue weighted by molar-refractivity contribution is -0.126. The van der Waals surface area contributed by atoms with Crippen LogP contribution in [0.5, 0.6) is 0 Å². The van der Waals surface area contributed by atoms with Gasteiger partial charge in [0, 0.05) is 42.0 Å². The molecule has 10 heteroatoms. The zero-order chi connectivity index (χ0) is 24.3. The number of nitrogens with zero attached hydrogens (tertiary/aromatic N) is 3. The number of amides is 1. The Morgan fingerprint density at radius 1 is 1.18 bits per heavy atom. The van der Waals surface area contributed by atoms with E-state index in [4.69, 9.17) is 4.52 Å². The molecule has 1 fully saturated rings. The lowest BCUT2D eigenvalue weighted by Crippen LogP contribution is -2.43. The molecule has 0 aliphatic carbocycles. The topological polar surface area (TPSA) is 105 Å². The first-order valence-electron chi connectivity index (χ1n) is 11.2. The highest BCUT2D eigenvalue weighted by Gasteiger charge is 2.33. The van der Waals surface area contributed by atoms with Crippen LogP contribution in [-0.4, -0.2) is 41.9 Å². The zero-order valence-corrected chi connectivity index (χ0v) is 21.5. The first-order valence-corrected chi connectivity index (χ1v) is 13.5. The fourth-order valence-corrected chi connectivity index (χ4v) is 5.95. The predicted octanol–water partition coefficient (Wildman–Crippen LogP) is 4.09. The summed E-state index contributed by atoms with van der Waals surface area (Å²) >= 11 is 3.40. The van der Waals surface area contributed by atoms with Crippen molar-refractivity contribution in [1.29, 1.82) is 0 Å². The summed E-state index contributed by atoms with van der Waals surface area (Å²) in [4.78, 5) is 17.2. The van der Waals surface area contributed by atoms with E-state index >= 15 is 0 Å². The van der Waals surface area contributed by atoms with Gasteiger partial charge in [-0.05, 0) is 49.1 Å². The number of piperidine rings is 1. The number of nitrogens with one attached hydrogen (secondary N) is 1. The molecular formula is C24H27BrN4O4S. The summed E-state index contributed by atoms with van der Waals surface area (Å²) in [5, 5.41) is 6.92. The van der Waals surface area contributed by atoms with Gasteiger partial charge in [0.25, 0.3) is 0 Å². The molecular weight excluding hydrogens is 520 g/mol. The van der Waals surface area contributed by atoms with E-state index in [1.807, 2.05) is 31.2 Å². The van der Waals surface area contributed by atoms with Crippen LogP contribution in [0.15, 0.2) is 56.4 Å². The molecule has 34 heavy (non-hydrogen) atoms. The maximum absolute atomic E-state index is 13.4. The molecule has 1 aliphatic heterocycles. The Morgan fingerprint density at radius 2 is 1.88 bits per heavy atom. The lowest BCUT2D eigenvalue weighted by atomic mass is 9.97. The average molecular weight is 547 g/mol. The molecule has 8 nitrogen and oxygen atoms in total. The number of rotatable bonds is 7. The van der Waals surface area contributed by atoms with Crippen molar-refractivity contribution in [2.45, 2.75) is 44.6 Å². The molecule has 180 valence electrons. The number of benzene rings is 2. The maximum atomic E-state index is 13.4. The quantitative estimate of drug-likeness (QED) is 0.478. The van der Waals surface area contributed by atoms with Crippen molar-refractivity contribution in [3.05, 3.63) is 64.0 Å². The number of hydrogen-bond donors (Lipinski definition) is 1. The van der Waals surface area contributed by atoms with Gasteiger partial charge < -0.3 is 9.84 Å². The van der Waals surface area contributed by atoms with Crippen LogP contribution in [0, 0.1) is 12.8 Å². The molecule has 0 saturated carbocycles. The maximum Gasteiger partial charge on any atom is 0.243 e. The van der Waals surface area contributed by atoms with Gasteiger partial charge in [0.2, 0.25) is 27.6 Å². The Balaban J connectivity index is 1.41. The molecule has 3 aromatic rings. The van der Waals surface area contributed by atoms with Gasteiger partial charge in [-0.1, -0.05) is 52.3 Å². The average Bonchev–Trinajstić information content (AvgIpc) is 3.33. The predicted molar refractivity (Wildman–Crippen MR) is 131 cm³/mol. The van der Waals surface area contributed by atoms with Crippen LogP contribution in [-0.2, 0) is 27.8 Å². The number of carbonyl (C=O) groups excluding carboxylic acids is 1. The van der Waals surface area contributed by atoms with Crippen molar-refractivity contribution in [3.63, 3.8) is 0 Å². The van der Waals surface area contributed by atoms with E-state index in [1.165, 1.54) is 4.31 Å². The van der Waals surface area contributed by atoms with Crippen LogP contribution in [0.25, 0.3) is 11.4 Å². The van der Waals surface area contributed by atoms with Gasteiger partial charge in [0.1, 0.15) is 0 Å². The van der Waals surface area contributed by atoms with Crippen molar-refractivity contribution in [1.82, 2.24) is 19.8 Å². The number of halogens is 1. The Morgan fingerprint density at radius 3 is 2.53 bits per heavy atom. The molecule has 0 spiro atoms. The first kappa shape index (κ1) is 24.6. The standard InChI is InChI=1S/C24H27BrN4O4S/c1-3-22-27-23(28-33-22)19-7-4-16(2)21(14-19)34(31,32)29-12-10-18(11-13-29)24(30)26-15-17-5-8-20(25)9-6-17/h4-9,14,18H,3,10-13,15H2,1-2H3,(H,26,30). The monoisotopic (exact) mass is 546 g/mol. The Labute approximate surface area is 207 Å². The third-order valence-electron chi connectivity index (χ3n) is 6.04.